The minimum Gasteiger partial charge on any atom is -0.494 e. The van der Waals surface area contributed by atoms with E-state index in [2.05, 4.69) is 0 Å². The van der Waals surface area contributed by atoms with Crippen LogP contribution < -0.4 is 10.5 Å². The fourth-order valence-electron chi connectivity index (χ4n) is 3.77. The number of piperidine rings is 1. The van der Waals surface area contributed by atoms with Gasteiger partial charge in [-0.15, -0.1) is 0 Å². The number of benzene rings is 2. The summed E-state index contributed by atoms with van der Waals surface area (Å²) in [5.74, 6) is -0.418. The van der Waals surface area contributed by atoms with Crippen LogP contribution in [-0.2, 0) is 16.6 Å². The number of hydrogen-bond acceptors (Lipinski definition) is 6. The number of oxazole rings is 1. The zero-order valence-electron chi connectivity index (χ0n) is 17.2. The maximum atomic E-state index is 12.9. The number of fused-ring (bicyclic) bond motifs is 1. The van der Waals surface area contributed by atoms with Gasteiger partial charge in [0.15, 0.2) is 11.4 Å². The van der Waals surface area contributed by atoms with Gasteiger partial charge in [-0.2, -0.15) is 4.31 Å². The zero-order chi connectivity index (χ0) is 22.0. The number of hydrogen-bond donors (Lipinski definition) is 0. The van der Waals surface area contributed by atoms with Gasteiger partial charge in [-0.3, -0.25) is 9.36 Å². The van der Waals surface area contributed by atoms with Gasteiger partial charge in [0.2, 0.25) is 10.0 Å². The van der Waals surface area contributed by atoms with Gasteiger partial charge in [0.25, 0.3) is 0 Å². The minimum atomic E-state index is -3.65. The zero-order valence-corrected chi connectivity index (χ0v) is 18.1. The lowest BCUT2D eigenvalue weighted by molar-refractivity contribution is 0.0970. The first-order chi connectivity index (χ1) is 14.9. The normalized spacial score (nSPS) is 15.3. The van der Waals surface area contributed by atoms with Crippen molar-refractivity contribution in [2.24, 2.45) is 0 Å². The highest BCUT2D eigenvalue weighted by Gasteiger charge is 2.27. The van der Waals surface area contributed by atoms with Crippen LogP contribution in [0, 0.1) is 0 Å². The van der Waals surface area contributed by atoms with Gasteiger partial charge in [-0.1, -0.05) is 18.6 Å². The summed E-state index contributed by atoms with van der Waals surface area (Å²) in [4.78, 5) is 25.2. The molecule has 2 heterocycles. The predicted octanol–water partition coefficient (Wildman–Crippen LogP) is 3.05. The maximum Gasteiger partial charge on any atom is 0.420 e. The lowest BCUT2D eigenvalue weighted by atomic mass is 10.1. The third-order valence-corrected chi connectivity index (χ3v) is 7.26. The number of carbonyl (C=O) groups is 1. The Morgan fingerprint density at radius 2 is 1.87 bits per heavy atom. The van der Waals surface area contributed by atoms with Gasteiger partial charge < -0.3 is 9.15 Å². The largest absolute Gasteiger partial charge is 0.494 e. The predicted molar refractivity (Wildman–Crippen MR) is 115 cm³/mol. The van der Waals surface area contributed by atoms with Gasteiger partial charge in [0.05, 0.1) is 23.6 Å². The van der Waals surface area contributed by atoms with Gasteiger partial charge in [-0.25, -0.2) is 13.2 Å². The van der Waals surface area contributed by atoms with Crippen molar-refractivity contribution in [2.75, 3.05) is 19.7 Å². The van der Waals surface area contributed by atoms with Gasteiger partial charge in [0.1, 0.15) is 5.75 Å². The molecule has 0 saturated carbocycles. The highest BCUT2D eigenvalue weighted by atomic mass is 32.2. The van der Waals surface area contributed by atoms with E-state index in [4.69, 9.17) is 9.15 Å². The van der Waals surface area contributed by atoms with Crippen LogP contribution in [0.15, 0.2) is 56.6 Å². The molecule has 9 heteroatoms. The first kappa shape index (κ1) is 21.3. The highest BCUT2D eigenvalue weighted by molar-refractivity contribution is 7.89. The Bertz CT molecular complexity index is 1270. The molecule has 1 aliphatic rings. The molecule has 0 unspecified atom stereocenters. The molecule has 8 nitrogen and oxygen atoms in total. The SMILES string of the molecule is CCOc1cccc(C(=O)Cn2c(=O)oc3cc(S(=O)(=O)N4CCCCC4)ccc32)c1. The monoisotopic (exact) mass is 444 g/mol. The molecule has 0 aliphatic carbocycles. The van der Waals surface area contributed by atoms with E-state index in [1.165, 1.54) is 27.1 Å². The fourth-order valence-corrected chi connectivity index (χ4v) is 5.31. The van der Waals surface area contributed by atoms with Crippen molar-refractivity contribution < 1.29 is 22.4 Å². The van der Waals surface area contributed by atoms with Crippen molar-refractivity contribution in [3.05, 3.63) is 58.6 Å². The molecular formula is C22H24N2O6S. The number of nitrogens with zero attached hydrogens (tertiary/aromatic N) is 2. The van der Waals surface area contributed by atoms with E-state index >= 15 is 0 Å². The maximum absolute atomic E-state index is 12.9. The molecule has 164 valence electrons. The average Bonchev–Trinajstić information content (AvgIpc) is 3.09. The second kappa shape index (κ2) is 8.68. The molecule has 0 spiro atoms. The first-order valence-electron chi connectivity index (χ1n) is 10.3. The van der Waals surface area contributed by atoms with Crippen LogP contribution in [0.3, 0.4) is 0 Å². The molecular weight excluding hydrogens is 420 g/mol. The molecule has 1 saturated heterocycles. The number of carbonyl (C=O) groups excluding carboxylic acids is 1. The van der Waals surface area contributed by atoms with Crippen molar-refractivity contribution in [3.8, 4) is 5.75 Å². The Kier molecular flexibility index (Phi) is 5.97. The van der Waals surface area contributed by atoms with Crippen LogP contribution in [0.1, 0.15) is 36.5 Å². The van der Waals surface area contributed by atoms with Gasteiger partial charge >= 0.3 is 5.76 Å². The minimum absolute atomic E-state index is 0.0820. The Balaban J connectivity index is 1.63. The molecule has 1 fully saturated rings. The highest BCUT2D eigenvalue weighted by Crippen LogP contribution is 2.24. The molecule has 0 amide bonds. The first-order valence-corrected chi connectivity index (χ1v) is 11.7. The van der Waals surface area contributed by atoms with E-state index in [-0.39, 0.29) is 22.8 Å². The van der Waals surface area contributed by atoms with E-state index in [1.54, 1.807) is 24.3 Å². The average molecular weight is 445 g/mol. The summed E-state index contributed by atoms with van der Waals surface area (Å²) in [6, 6.07) is 11.1. The van der Waals surface area contributed by atoms with Gasteiger partial charge in [-0.05, 0) is 44.0 Å². The van der Waals surface area contributed by atoms with E-state index in [0.717, 1.165) is 19.3 Å². The molecule has 1 aromatic heterocycles. The van der Waals surface area contributed by atoms with Crippen LogP contribution in [0.2, 0.25) is 0 Å². The van der Waals surface area contributed by atoms with Crippen LogP contribution in [-0.4, -0.2) is 42.8 Å². The molecule has 2 aromatic carbocycles. The molecule has 0 N–H and O–H groups in total. The third kappa shape index (κ3) is 4.28. The second-order valence-electron chi connectivity index (χ2n) is 7.43. The fraction of sp³-hybridized carbons (Fsp3) is 0.364. The Morgan fingerprint density at radius 1 is 1.10 bits per heavy atom. The molecule has 1 aliphatic heterocycles. The third-order valence-electron chi connectivity index (χ3n) is 5.36. The quantitative estimate of drug-likeness (QED) is 0.520. The lowest BCUT2D eigenvalue weighted by Crippen LogP contribution is -2.35. The summed E-state index contributed by atoms with van der Waals surface area (Å²) < 4.78 is 39.2. The number of aromatic nitrogens is 1. The summed E-state index contributed by atoms with van der Waals surface area (Å²) in [7, 11) is -3.65. The topological polar surface area (TPSA) is 98.8 Å². The molecule has 0 bridgehead atoms. The standard InChI is InChI=1S/C22H24N2O6S/c1-2-29-17-8-6-7-16(13-17)20(25)15-24-19-10-9-18(14-21(19)30-22(24)26)31(27,28)23-11-4-3-5-12-23/h6-10,13-14H,2-5,11-12,15H2,1H3. The number of ketones is 1. The van der Waals surface area contributed by atoms with E-state index in [0.29, 0.717) is 36.5 Å². The molecule has 0 atom stereocenters. The summed E-state index contributed by atoms with van der Waals surface area (Å²) >= 11 is 0. The number of ether oxygens (including phenoxy) is 1. The van der Waals surface area contributed by atoms with E-state index in [9.17, 15) is 18.0 Å². The number of rotatable bonds is 7. The summed E-state index contributed by atoms with van der Waals surface area (Å²) in [5, 5.41) is 0. The summed E-state index contributed by atoms with van der Waals surface area (Å²) in [6.45, 7) is 3.08. The Labute approximate surface area is 180 Å². The molecule has 3 aromatic rings. The van der Waals surface area contributed by atoms with Crippen molar-refractivity contribution in [2.45, 2.75) is 37.6 Å². The van der Waals surface area contributed by atoms with E-state index < -0.39 is 15.8 Å². The molecule has 4 rings (SSSR count). The Morgan fingerprint density at radius 3 is 2.61 bits per heavy atom. The number of sulfonamides is 1. The van der Waals surface area contributed by atoms with Crippen molar-refractivity contribution in [1.82, 2.24) is 8.87 Å². The Hall–Kier alpha value is -2.91. The molecule has 31 heavy (non-hydrogen) atoms. The van der Waals surface area contributed by atoms with Crippen molar-refractivity contribution in [3.63, 3.8) is 0 Å². The lowest BCUT2D eigenvalue weighted by Gasteiger charge is -2.25. The summed E-state index contributed by atoms with van der Waals surface area (Å²) in [5.41, 5.74) is 0.923. The van der Waals surface area contributed by atoms with Crippen molar-refractivity contribution in [1.29, 1.82) is 0 Å². The summed E-state index contributed by atoms with van der Waals surface area (Å²) in [6.07, 6.45) is 2.68. The van der Waals surface area contributed by atoms with Crippen LogP contribution in [0.4, 0.5) is 0 Å². The van der Waals surface area contributed by atoms with Crippen LogP contribution in [0.5, 0.6) is 5.75 Å². The molecule has 0 radical (unpaired) electrons. The second-order valence-corrected chi connectivity index (χ2v) is 9.37. The van der Waals surface area contributed by atoms with Crippen molar-refractivity contribution >= 4 is 26.9 Å². The smallest absolute Gasteiger partial charge is 0.420 e. The number of Topliss-reactive ketones (excluding diaryl/α,β-unsaturated/α-hetero) is 1. The van der Waals surface area contributed by atoms with Crippen LogP contribution >= 0.6 is 0 Å². The van der Waals surface area contributed by atoms with E-state index in [1.807, 2.05) is 6.92 Å². The van der Waals surface area contributed by atoms with Gasteiger partial charge in [0, 0.05) is 24.7 Å². The van der Waals surface area contributed by atoms with Crippen LogP contribution in [0.25, 0.3) is 11.1 Å².